The Morgan fingerprint density at radius 2 is 1.67 bits per heavy atom. The molecule has 0 spiro atoms. The standard InChI is InChI=1S/C26H25ClN2O7/c1-33-22-6-4-5-7-23(22)36-15-21-18-14-25(35-3)24(34-2)12-16(18)10-11-28(21)26(30)19-13-17(27)8-9-20(19)29(31)32/h4-9,12-14,21H,10-11,15H2,1-3H3/t21-/m1/s1. The molecule has 3 aromatic rings. The van der Waals surface area contributed by atoms with E-state index in [-0.39, 0.29) is 22.9 Å². The van der Waals surface area contributed by atoms with Crippen LogP contribution < -0.4 is 18.9 Å². The van der Waals surface area contributed by atoms with Crippen molar-refractivity contribution in [3.05, 3.63) is 86.4 Å². The van der Waals surface area contributed by atoms with Crippen LogP contribution in [0, 0.1) is 10.1 Å². The highest BCUT2D eigenvalue weighted by Gasteiger charge is 2.36. The van der Waals surface area contributed by atoms with Crippen molar-refractivity contribution >= 4 is 23.2 Å². The van der Waals surface area contributed by atoms with Crippen molar-refractivity contribution < 1.29 is 28.7 Å². The molecule has 10 heteroatoms. The van der Waals surface area contributed by atoms with Crippen molar-refractivity contribution in [1.82, 2.24) is 4.90 Å². The van der Waals surface area contributed by atoms with Gasteiger partial charge in [-0.25, -0.2) is 0 Å². The normalized spacial score (nSPS) is 14.6. The van der Waals surface area contributed by atoms with E-state index < -0.39 is 16.9 Å². The molecule has 0 aliphatic carbocycles. The van der Waals surface area contributed by atoms with Gasteiger partial charge in [-0.05, 0) is 53.9 Å². The summed E-state index contributed by atoms with van der Waals surface area (Å²) in [5.74, 6) is 1.61. The Hall–Kier alpha value is -3.98. The lowest BCUT2D eigenvalue weighted by molar-refractivity contribution is -0.385. The van der Waals surface area contributed by atoms with Gasteiger partial charge in [-0.1, -0.05) is 23.7 Å². The number of carbonyl (C=O) groups is 1. The summed E-state index contributed by atoms with van der Waals surface area (Å²) >= 11 is 6.11. The molecule has 0 N–H and O–H groups in total. The number of nitrogens with zero attached hydrogens (tertiary/aromatic N) is 2. The summed E-state index contributed by atoms with van der Waals surface area (Å²) < 4.78 is 22.5. The summed E-state index contributed by atoms with van der Waals surface area (Å²) in [6.45, 7) is 0.383. The predicted octanol–water partition coefficient (Wildman–Crippen LogP) is 5.09. The molecule has 9 nitrogen and oxygen atoms in total. The lowest BCUT2D eigenvalue weighted by Gasteiger charge is -2.37. The van der Waals surface area contributed by atoms with Gasteiger partial charge in [-0.3, -0.25) is 14.9 Å². The third-order valence-corrected chi connectivity index (χ3v) is 6.35. The molecular formula is C26H25ClN2O7. The Morgan fingerprint density at radius 1 is 1.00 bits per heavy atom. The zero-order valence-corrected chi connectivity index (χ0v) is 20.8. The monoisotopic (exact) mass is 512 g/mol. The largest absolute Gasteiger partial charge is 0.493 e. The maximum absolute atomic E-state index is 13.7. The maximum Gasteiger partial charge on any atom is 0.282 e. The lowest BCUT2D eigenvalue weighted by atomic mass is 9.91. The van der Waals surface area contributed by atoms with Crippen LogP contribution in [0.4, 0.5) is 5.69 Å². The highest BCUT2D eigenvalue weighted by Crippen LogP contribution is 2.40. The number of amides is 1. The number of nitro groups is 1. The second-order valence-corrected chi connectivity index (χ2v) is 8.49. The number of fused-ring (bicyclic) bond motifs is 1. The second kappa shape index (κ2) is 10.7. The first-order valence-corrected chi connectivity index (χ1v) is 11.5. The predicted molar refractivity (Wildman–Crippen MR) is 134 cm³/mol. The molecule has 1 atom stereocenters. The number of halogens is 1. The number of para-hydroxylation sites is 2. The molecule has 188 valence electrons. The average molecular weight is 513 g/mol. The molecule has 0 aromatic heterocycles. The number of ether oxygens (including phenoxy) is 4. The van der Waals surface area contributed by atoms with E-state index in [0.717, 1.165) is 11.1 Å². The summed E-state index contributed by atoms with van der Waals surface area (Å²) in [4.78, 5) is 26.4. The van der Waals surface area contributed by atoms with Gasteiger partial charge in [-0.2, -0.15) is 0 Å². The summed E-state index contributed by atoms with van der Waals surface area (Å²) in [5, 5.41) is 11.9. The fraction of sp³-hybridized carbons (Fsp3) is 0.269. The molecule has 0 saturated heterocycles. The third-order valence-electron chi connectivity index (χ3n) is 6.12. The lowest BCUT2D eigenvalue weighted by Crippen LogP contribution is -2.42. The summed E-state index contributed by atoms with van der Waals surface area (Å²) in [6, 6.07) is 14.3. The first-order valence-electron chi connectivity index (χ1n) is 11.1. The SMILES string of the molecule is COc1cc2c(cc1OC)[C@@H](COc1ccccc1OC)N(C(=O)c1cc(Cl)ccc1[N+](=O)[O-])CC2. The van der Waals surface area contributed by atoms with E-state index in [2.05, 4.69) is 0 Å². The van der Waals surface area contributed by atoms with Crippen LogP contribution in [0.25, 0.3) is 0 Å². The van der Waals surface area contributed by atoms with Gasteiger partial charge >= 0.3 is 0 Å². The fourth-order valence-electron chi connectivity index (χ4n) is 4.35. The third kappa shape index (κ3) is 4.87. The van der Waals surface area contributed by atoms with Gasteiger partial charge in [0.2, 0.25) is 0 Å². The zero-order chi connectivity index (χ0) is 25.8. The smallest absolute Gasteiger partial charge is 0.282 e. The van der Waals surface area contributed by atoms with Crippen LogP contribution in [0.2, 0.25) is 5.02 Å². The van der Waals surface area contributed by atoms with E-state index in [9.17, 15) is 14.9 Å². The summed E-state index contributed by atoms with van der Waals surface area (Å²) in [5.41, 5.74) is 1.36. The van der Waals surface area contributed by atoms with Crippen molar-refractivity contribution in [2.24, 2.45) is 0 Å². The molecule has 0 bridgehead atoms. The quantitative estimate of drug-likeness (QED) is 0.306. The number of hydrogen-bond acceptors (Lipinski definition) is 7. The van der Waals surface area contributed by atoms with Crippen LogP contribution in [0.5, 0.6) is 23.0 Å². The van der Waals surface area contributed by atoms with E-state index in [1.807, 2.05) is 24.3 Å². The number of nitro benzene ring substituents is 1. The van der Waals surface area contributed by atoms with Gasteiger partial charge in [0.25, 0.3) is 11.6 Å². The maximum atomic E-state index is 13.7. The highest BCUT2D eigenvalue weighted by atomic mass is 35.5. The number of benzene rings is 3. The first kappa shape index (κ1) is 25.1. The molecule has 1 heterocycles. The van der Waals surface area contributed by atoms with Gasteiger partial charge in [0.05, 0.1) is 32.3 Å². The van der Waals surface area contributed by atoms with Crippen molar-refractivity contribution in [3.63, 3.8) is 0 Å². The fourth-order valence-corrected chi connectivity index (χ4v) is 4.52. The summed E-state index contributed by atoms with van der Waals surface area (Å²) in [7, 11) is 4.64. The molecule has 0 fully saturated rings. The minimum Gasteiger partial charge on any atom is -0.493 e. The van der Waals surface area contributed by atoms with Crippen molar-refractivity contribution in [3.8, 4) is 23.0 Å². The zero-order valence-electron chi connectivity index (χ0n) is 20.0. The van der Waals surface area contributed by atoms with Crippen LogP contribution >= 0.6 is 11.6 Å². The minimum atomic E-state index is -0.588. The molecular weight excluding hydrogens is 488 g/mol. The van der Waals surface area contributed by atoms with E-state index in [0.29, 0.717) is 36.0 Å². The summed E-state index contributed by atoms with van der Waals surface area (Å²) in [6.07, 6.45) is 0.515. The van der Waals surface area contributed by atoms with Crippen LogP contribution in [-0.2, 0) is 6.42 Å². The Balaban J connectivity index is 1.78. The topological polar surface area (TPSA) is 100 Å². The van der Waals surface area contributed by atoms with Gasteiger partial charge in [0.15, 0.2) is 23.0 Å². The number of rotatable bonds is 8. The Labute approximate surface area is 213 Å². The van der Waals surface area contributed by atoms with Gasteiger partial charge in [0.1, 0.15) is 12.2 Å². The van der Waals surface area contributed by atoms with E-state index >= 15 is 0 Å². The molecule has 3 aromatic carbocycles. The molecule has 4 rings (SSSR count). The number of methoxy groups -OCH3 is 3. The van der Waals surface area contributed by atoms with E-state index in [4.69, 9.17) is 30.5 Å². The van der Waals surface area contributed by atoms with E-state index in [1.165, 1.54) is 25.3 Å². The molecule has 1 aliphatic rings. The van der Waals surface area contributed by atoms with Crippen molar-refractivity contribution in [1.29, 1.82) is 0 Å². The number of hydrogen-bond donors (Lipinski definition) is 0. The Morgan fingerprint density at radius 3 is 2.33 bits per heavy atom. The molecule has 36 heavy (non-hydrogen) atoms. The molecule has 0 saturated carbocycles. The van der Waals surface area contributed by atoms with Crippen molar-refractivity contribution in [2.45, 2.75) is 12.5 Å². The van der Waals surface area contributed by atoms with Gasteiger partial charge in [0, 0.05) is 17.6 Å². The molecule has 0 unspecified atom stereocenters. The van der Waals surface area contributed by atoms with Crippen LogP contribution in [-0.4, -0.2) is 50.2 Å². The molecule has 1 amide bonds. The van der Waals surface area contributed by atoms with Crippen LogP contribution in [0.15, 0.2) is 54.6 Å². The van der Waals surface area contributed by atoms with Gasteiger partial charge in [-0.15, -0.1) is 0 Å². The van der Waals surface area contributed by atoms with Gasteiger partial charge < -0.3 is 23.8 Å². The molecule has 0 radical (unpaired) electrons. The minimum absolute atomic E-state index is 0.0724. The average Bonchev–Trinajstić information content (AvgIpc) is 2.90. The van der Waals surface area contributed by atoms with Crippen LogP contribution in [0.3, 0.4) is 0 Å². The Kier molecular flexibility index (Phi) is 7.49. The molecule has 1 aliphatic heterocycles. The second-order valence-electron chi connectivity index (χ2n) is 8.05. The first-order chi connectivity index (χ1) is 17.4. The van der Waals surface area contributed by atoms with E-state index in [1.54, 1.807) is 31.3 Å². The van der Waals surface area contributed by atoms with Crippen LogP contribution in [0.1, 0.15) is 27.5 Å². The van der Waals surface area contributed by atoms with Crippen molar-refractivity contribution in [2.75, 3.05) is 34.5 Å². The Bertz CT molecular complexity index is 1300. The number of carbonyl (C=O) groups excluding carboxylic acids is 1. The highest BCUT2D eigenvalue weighted by molar-refractivity contribution is 6.31.